The number of rotatable bonds is 5. The second-order valence-electron chi connectivity index (χ2n) is 6.13. The SMILES string of the molecule is Cc1cc(C(=O)Cn2cc([N+](=O)[O-])ccc2=O)c(C)n1-c1cccc(Cl)c1. The van der Waals surface area contributed by atoms with Crippen molar-refractivity contribution in [3.63, 3.8) is 0 Å². The van der Waals surface area contributed by atoms with Gasteiger partial charge in [0.1, 0.15) is 0 Å². The van der Waals surface area contributed by atoms with Crippen LogP contribution in [0.3, 0.4) is 0 Å². The summed E-state index contributed by atoms with van der Waals surface area (Å²) >= 11 is 6.06. The number of nitro groups is 1. The highest BCUT2D eigenvalue weighted by molar-refractivity contribution is 6.30. The van der Waals surface area contributed by atoms with Gasteiger partial charge in [-0.05, 0) is 38.1 Å². The van der Waals surface area contributed by atoms with Crippen LogP contribution in [0.2, 0.25) is 5.02 Å². The molecule has 0 aliphatic carbocycles. The van der Waals surface area contributed by atoms with Gasteiger partial charge in [0.2, 0.25) is 0 Å². The van der Waals surface area contributed by atoms with Gasteiger partial charge in [-0.1, -0.05) is 17.7 Å². The van der Waals surface area contributed by atoms with Gasteiger partial charge in [0.05, 0.1) is 17.7 Å². The topological polar surface area (TPSA) is 87.1 Å². The Balaban J connectivity index is 1.98. The molecule has 0 amide bonds. The van der Waals surface area contributed by atoms with Crippen LogP contribution in [0.1, 0.15) is 21.7 Å². The first kappa shape index (κ1) is 18.6. The van der Waals surface area contributed by atoms with Crippen molar-refractivity contribution in [2.75, 3.05) is 0 Å². The number of benzene rings is 1. The zero-order chi connectivity index (χ0) is 19.7. The van der Waals surface area contributed by atoms with E-state index in [2.05, 4.69) is 0 Å². The molecule has 1 aromatic carbocycles. The van der Waals surface area contributed by atoms with Gasteiger partial charge in [-0.3, -0.25) is 19.7 Å². The largest absolute Gasteiger partial charge is 0.318 e. The summed E-state index contributed by atoms with van der Waals surface area (Å²) in [7, 11) is 0. The van der Waals surface area contributed by atoms with Crippen LogP contribution in [0, 0.1) is 24.0 Å². The summed E-state index contributed by atoms with van der Waals surface area (Å²) in [5, 5.41) is 11.5. The predicted octanol–water partition coefficient (Wildman–Crippen LogP) is 3.70. The third kappa shape index (κ3) is 3.68. The van der Waals surface area contributed by atoms with Crippen LogP contribution in [0.25, 0.3) is 5.69 Å². The van der Waals surface area contributed by atoms with E-state index in [0.29, 0.717) is 16.3 Å². The molecule has 0 radical (unpaired) electrons. The fourth-order valence-electron chi connectivity index (χ4n) is 3.05. The molecule has 0 aliphatic heterocycles. The van der Waals surface area contributed by atoms with Gasteiger partial charge in [-0.25, -0.2) is 0 Å². The fraction of sp³-hybridized carbons (Fsp3) is 0.158. The quantitative estimate of drug-likeness (QED) is 0.380. The number of carbonyl (C=O) groups is 1. The van der Waals surface area contributed by atoms with Gasteiger partial charge in [0, 0.05) is 39.8 Å². The molecule has 0 fully saturated rings. The lowest BCUT2D eigenvalue weighted by molar-refractivity contribution is -0.385. The molecule has 138 valence electrons. The van der Waals surface area contributed by atoms with E-state index in [-0.39, 0.29) is 18.0 Å². The van der Waals surface area contributed by atoms with E-state index >= 15 is 0 Å². The number of carbonyl (C=O) groups excluding carboxylic acids is 1. The highest BCUT2D eigenvalue weighted by Gasteiger charge is 2.18. The Morgan fingerprint density at radius 2 is 1.93 bits per heavy atom. The van der Waals surface area contributed by atoms with Crippen molar-refractivity contribution in [1.82, 2.24) is 9.13 Å². The highest BCUT2D eigenvalue weighted by atomic mass is 35.5. The molecule has 7 nitrogen and oxygen atoms in total. The van der Waals surface area contributed by atoms with Crippen LogP contribution in [0.15, 0.2) is 53.5 Å². The number of aryl methyl sites for hydroxylation is 1. The van der Waals surface area contributed by atoms with Crippen LogP contribution in [-0.2, 0) is 6.54 Å². The smallest absolute Gasteiger partial charge is 0.285 e. The summed E-state index contributed by atoms with van der Waals surface area (Å²) < 4.78 is 2.95. The molecule has 3 aromatic rings. The average molecular weight is 386 g/mol. The van der Waals surface area contributed by atoms with Crippen LogP contribution in [0.5, 0.6) is 0 Å². The Kier molecular flexibility index (Phi) is 4.96. The standard InChI is InChI=1S/C19H16ClN3O4/c1-12-8-17(13(2)22(12)15-5-3-4-14(20)9-15)18(24)11-21-10-16(23(26)27)6-7-19(21)25/h3-10H,11H2,1-2H3. The van der Waals surface area contributed by atoms with Gasteiger partial charge in [-0.15, -0.1) is 0 Å². The summed E-state index contributed by atoms with van der Waals surface area (Å²) in [6.07, 6.45) is 1.08. The van der Waals surface area contributed by atoms with E-state index in [1.165, 1.54) is 0 Å². The highest BCUT2D eigenvalue weighted by Crippen LogP contribution is 2.23. The zero-order valence-corrected chi connectivity index (χ0v) is 15.4. The molecule has 0 atom stereocenters. The molecule has 0 aliphatic rings. The number of ketones is 1. The lowest BCUT2D eigenvalue weighted by atomic mass is 10.1. The fourth-order valence-corrected chi connectivity index (χ4v) is 3.23. The van der Waals surface area contributed by atoms with E-state index in [1.807, 2.05) is 23.6 Å². The molecule has 3 rings (SSSR count). The molecule has 0 N–H and O–H groups in total. The van der Waals surface area contributed by atoms with Crippen molar-refractivity contribution in [2.24, 2.45) is 0 Å². The molecule has 2 aromatic heterocycles. The Hall–Kier alpha value is -3.19. The third-order valence-corrected chi connectivity index (χ3v) is 4.53. The maximum absolute atomic E-state index is 12.8. The Morgan fingerprint density at radius 1 is 1.19 bits per heavy atom. The maximum atomic E-state index is 12.8. The van der Waals surface area contributed by atoms with Crippen molar-refractivity contribution in [1.29, 1.82) is 0 Å². The van der Waals surface area contributed by atoms with Gasteiger partial charge in [0.15, 0.2) is 5.78 Å². The minimum atomic E-state index is -0.606. The number of halogens is 1. The summed E-state index contributed by atoms with van der Waals surface area (Å²) in [5.41, 5.74) is 2.10. The first-order valence-corrected chi connectivity index (χ1v) is 8.48. The van der Waals surface area contributed by atoms with Gasteiger partial charge in [-0.2, -0.15) is 0 Å². The van der Waals surface area contributed by atoms with Gasteiger partial charge in [0.25, 0.3) is 11.2 Å². The lowest BCUT2D eigenvalue weighted by Crippen LogP contribution is -2.23. The Bertz CT molecular complexity index is 1110. The van der Waals surface area contributed by atoms with Gasteiger partial charge < -0.3 is 9.13 Å². The monoisotopic (exact) mass is 385 g/mol. The summed E-state index contributed by atoms with van der Waals surface area (Å²) in [6, 6.07) is 11.2. The molecule has 0 spiro atoms. The van der Waals surface area contributed by atoms with Crippen molar-refractivity contribution in [3.05, 3.63) is 91.1 Å². The predicted molar refractivity (Wildman–Crippen MR) is 102 cm³/mol. The number of hydrogen-bond donors (Lipinski definition) is 0. The van der Waals surface area contributed by atoms with Crippen LogP contribution >= 0.6 is 11.6 Å². The number of nitrogens with zero attached hydrogens (tertiary/aromatic N) is 3. The summed E-state index contributed by atoms with van der Waals surface area (Å²) in [6.45, 7) is 3.39. The molecular weight excluding hydrogens is 370 g/mol. The molecule has 8 heteroatoms. The lowest BCUT2D eigenvalue weighted by Gasteiger charge is -2.10. The average Bonchev–Trinajstić information content (AvgIpc) is 2.91. The maximum Gasteiger partial charge on any atom is 0.285 e. The molecule has 0 saturated heterocycles. The molecule has 0 saturated carbocycles. The van der Waals surface area contributed by atoms with E-state index in [4.69, 9.17) is 11.6 Å². The van der Waals surface area contributed by atoms with Crippen LogP contribution in [-0.4, -0.2) is 19.8 Å². The molecular formula is C19H16ClN3O4. The van der Waals surface area contributed by atoms with E-state index in [1.54, 1.807) is 25.1 Å². The molecule has 0 bridgehead atoms. The number of pyridine rings is 1. The molecule has 0 unspecified atom stereocenters. The first-order valence-electron chi connectivity index (χ1n) is 8.11. The zero-order valence-electron chi connectivity index (χ0n) is 14.7. The minimum absolute atomic E-state index is 0.244. The third-order valence-electron chi connectivity index (χ3n) is 4.29. The van der Waals surface area contributed by atoms with E-state index < -0.39 is 10.5 Å². The minimum Gasteiger partial charge on any atom is -0.318 e. The number of hydrogen-bond acceptors (Lipinski definition) is 4. The molecule has 2 heterocycles. The number of aromatic nitrogens is 2. The number of Topliss-reactive ketones (excluding diaryl/α,β-unsaturated/α-hetero) is 1. The van der Waals surface area contributed by atoms with Crippen molar-refractivity contribution in [2.45, 2.75) is 20.4 Å². The van der Waals surface area contributed by atoms with Gasteiger partial charge >= 0.3 is 0 Å². The van der Waals surface area contributed by atoms with Crippen molar-refractivity contribution in [3.8, 4) is 5.69 Å². The second-order valence-corrected chi connectivity index (χ2v) is 6.57. The summed E-state index contributed by atoms with van der Waals surface area (Å²) in [5.74, 6) is -0.307. The normalized spacial score (nSPS) is 10.8. The van der Waals surface area contributed by atoms with Crippen molar-refractivity contribution >= 4 is 23.1 Å². The summed E-state index contributed by atoms with van der Waals surface area (Å²) in [4.78, 5) is 35.0. The second kappa shape index (κ2) is 7.20. The molecule has 27 heavy (non-hydrogen) atoms. The Morgan fingerprint density at radius 3 is 2.59 bits per heavy atom. The van der Waals surface area contributed by atoms with Crippen LogP contribution < -0.4 is 5.56 Å². The van der Waals surface area contributed by atoms with Crippen LogP contribution in [0.4, 0.5) is 5.69 Å². The van der Waals surface area contributed by atoms with E-state index in [0.717, 1.165) is 34.3 Å². The van der Waals surface area contributed by atoms with Crippen molar-refractivity contribution < 1.29 is 9.72 Å². The van der Waals surface area contributed by atoms with E-state index in [9.17, 15) is 19.7 Å². The first-order chi connectivity index (χ1) is 12.8. The Labute approximate surface area is 159 Å².